The molecule has 166 valence electrons. The van der Waals surface area contributed by atoms with Crippen molar-refractivity contribution in [2.45, 2.75) is 25.8 Å². The van der Waals surface area contributed by atoms with Gasteiger partial charge in [0.05, 0.1) is 12.8 Å². The number of nitrogens with one attached hydrogen (secondary N) is 3. The summed E-state index contributed by atoms with van der Waals surface area (Å²) in [4.78, 5) is 10.2. The molecule has 0 bridgehead atoms. The van der Waals surface area contributed by atoms with Crippen molar-refractivity contribution in [2.75, 3.05) is 38.7 Å². The van der Waals surface area contributed by atoms with Crippen LogP contribution in [0.4, 0.5) is 5.69 Å². The van der Waals surface area contributed by atoms with E-state index in [0.717, 1.165) is 49.9 Å². The van der Waals surface area contributed by atoms with Gasteiger partial charge in [-0.3, -0.25) is 4.99 Å². The lowest BCUT2D eigenvalue weighted by molar-refractivity contribution is 0.415. The van der Waals surface area contributed by atoms with Crippen LogP contribution < -0.4 is 20.3 Å². The summed E-state index contributed by atoms with van der Waals surface area (Å²) >= 11 is 0. The summed E-state index contributed by atoms with van der Waals surface area (Å²) in [6, 6.07) is 15.0. The fourth-order valence-electron chi connectivity index (χ4n) is 4.34. The predicted molar refractivity (Wildman–Crippen MR) is 140 cm³/mol. The molecule has 0 radical (unpaired) electrons. The quantitative estimate of drug-likeness (QED) is 0.254. The number of nitrogens with zero attached hydrogens (tertiary/aromatic N) is 2. The number of guanidine groups is 1. The molecule has 1 aliphatic rings. The normalized spacial score (nSPS) is 16.3. The van der Waals surface area contributed by atoms with Crippen LogP contribution in [0.2, 0.25) is 0 Å². The van der Waals surface area contributed by atoms with E-state index < -0.39 is 0 Å². The smallest absolute Gasteiger partial charge is 0.191 e. The Morgan fingerprint density at radius 3 is 2.87 bits per heavy atom. The molecule has 3 N–H and O–H groups in total. The molecule has 2 aromatic carbocycles. The molecule has 6 nitrogen and oxygen atoms in total. The van der Waals surface area contributed by atoms with Gasteiger partial charge < -0.3 is 25.3 Å². The Morgan fingerprint density at radius 1 is 1.23 bits per heavy atom. The lowest BCUT2D eigenvalue weighted by Crippen LogP contribution is -2.45. The third-order valence-corrected chi connectivity index (χ3v) is 5.86. The Bertz CT molecular complexity index is 1030. The van der Waals surface area contributed by atoms with Crippen molar-refractivity contribution in [3.8, 4) is 5.75 Å². The minimum atomic E-state index is 0. The van der Waals surface area contributed by atoms with Crippen LogP contribution in [0.5, 0.6) is 5.75 Å². The number of methoxy groups -OCH3 is 1. The van der Waals surface area contributed by atoms with E-state index in [0.29, 0.717) is 6.04 Å². The number of anilines is 1. The van der Waals surface area contributed by atoms with Crippen LogP contribution in [0.25, 0.3) is 10.9 Å². The second kappa shape index (κ2) is 10.7. The topological polar surface area (TPSA) is 64.7 Å². The van der Waals surface area contributed by atoms with E-state index in [9.17, 15) is 0 Å². The number of hydrogen-bond donors (Lipinski definition) is 3. The molecule has 31 heavy (non-hydrogen) atoms. The standard InChI is InChI=1S/C24H31N5O.HI/c1-17-7-6-8-20-23(17)18(15-27-20)11-13-26-24(25-2)28-19-12-14-29(16-19)21-9-4-5-10-22(21)30-3;/h4-10,15,19,27H,11-14,16H2,1-3H3,(H2,25,26,28);1H. The summed E-state index contributed by atoms with van der Waals surface area (Å²) in [5, 5.41) is 8.40. The molecule has 0 spiro atoms. The highest BCUT2D eigenvalue weighted by atomic mass is 127. The fourth-order valence-corrected chi connectivity index (χ4v) is 4.34. The fraction of sp³-hybridized carbons (Fsp3) is 0.375. The average molecular weight is 533 g/mol. The second-order valence-electron chi connectivity index (χ2n) is 7.81. The van der Waals surface area contributed by atoms with E-state index in [1.165, 1.54) is 22.0 Å². The van der Waals surface area contributed by atoms with Crippen molar-refractivity contribution in [1.29, 1.82) is 0 Å². The zero-order chi connectivity index (χ0) is 20.9. The van der Waals surface area contributed by atoms with Crippen LogP contribution in [0, 0.1) is 6.92 Å². The molecular weight excluding hydrogens is 501 g/mol. The highest BCUT2D eigenvalue weighted by Gasteiger charge is 2.25. The summed E-state index contributed by atoms with van der Waals surface area (Å²) in [5.41, 5.74) is 5.01. The summed E-state index contributed by atoms with van der Waals surface area (Å²) in [6.45, 7) is 4.94. The SMILES string of the molecule is CN=C(NCCc1c[nH]c2cccc(C)c12)NC1CCN(c2ccccc2OC)C1.I. The van der Waals surface area contributed by atoms with Gasteiger partial charge in [-0.1, -0.05) is 24.3 Å². The van der Waals surface area contributed by atoms with Crippen LogP contribution in [0.3, 0.4) is 0 Å². The summed E-state index contributed by atoms with van der Waals surface area (Å²) in [6.07, 6.45) is 4.14. The summed E-state index contributed by atoms with van der Waals surface area (Å²) in [7, 11) is 3.56. The number of para-hydroxylation sites is 2. The minimum absolute atomic E-state index is 0. The van der Waals surface area contributed by atoms with Crippen LogP contribution >= 0.6 is 24.0 Å². The van der Waals surface area contributed by atoms with Crippen LogP contribution in [-0.4, -0.2) is 50.8 Å². The van der Waals surface area contributed by atoms with Crippen LogP contribution in [-0.2, 0) is 6.42 Å². The first-order chi connectivity index (χ1) is 14.7. The van der Waals surface area contributed by atoms with Gasteiger partial charge in [0.1, 0.15) is 5.75 Å². The van der Waals surface area contributed by atoms with Crippen molar-refractivity contribution in [3.05, 3.63) is 59.8 Å². The van der Waals surface area contributed by atoms with Crippen molar-refractivity contribution >= 4 is 46.5 Å². The van der Waals surface area contributed by atoms with Gasteiger partial charge >= 0.3 is 0 Å². The third-order valence-electron chi connectivity index (χ3n) is 5.86. The highest BCUT2D eigenvalue weighted by molar-refractivity contribution is 14.0. The lowest BCUT2D eigenvalue weighted by Gasteiger charge is -2.22. The van der Waals surface area contributed by atoms with Crippen molar-refractivity contribution in [1.82, 2.24) is 15.6 Å². The predicted octanol–water partition coefficient (Wildman–Crippen LogP) is 4.09. The number of rotatable bonds is 6. The highest BCUT2D eigenvalue weighted by Crippen LogP contribution is 2.30. The molecule has 1 unspecified atom stereocenters. The van der Waals surface area contributed by atoms with Gasteiger partial charge in [0, 0.05) is 49.8 Å². The van der Waals surface area contributed by atoms with Crippen LogP contribution in [0.15, 0.2) is 53.7 Å². The Labute approximate surface area is 201 Å². The number of aromatic nitrogens is 1. The molecule has 4 rings (SSSR count). The van der Waals surface area contributed by atoms with Crippen molar-refractivity contribution < 1.29 is 4.74 Å². The zero-order valence-corrected chi connectivity index (χ0v) is 20.8. The average Bonchev–Trinajstić information content (AvgIpc) is 3.41. The maximum atomic E-state index is 5.52. The van der Waals surface area contributed by atoms with E-state index >= 15 is 0 Å². The molecule has 7 heteroatoms. The number of benzene rings is 2. The number of hydrogen-bond acceptors (Lipinski definition) is 3. The maximum absolute atomic E-state index is 5.52. The minimum Gasteiger partial charge on any atom is -0.495 e. The number of fused-ring (bicyclic) bond motifs is 1. The van der Waals surface area contributed by atoms with Crippen molar-refractivity contribution in [2.24, 2.45) is 4.99 Å². The molecule has 0 saturated carbocycles. The van der Waals surface area contributed by atoms with E-state index in [1.807, 2.05) is 19.2 Å². The number of aliphatic imine (C=N–C) groups is 1. The van der Waals surface area contributed by atoms with Gasteiger partial charge in [0.25, 0.3) is 0 Å². The molecule has 0 amide bonds. The third kappa shape index (κ3) is 5.26. The molecular formula is C24H32IN5O. The summed E-state index contributed by atoms with van der Waals surface area (Å²) in [5.74, 6) is 1.79. The Kier molecular flexibility index (Phi) is 8.06. The van der Waals surface area contributed by atoms with Crippen molar-refractivity contribution in [3.63, 3.8) is 0 Å². The van der Waals surface area contributed by atoms with Gasteiger partial charge in [0.15, 0.2) is 5.96 Å². The zero-order valence-electron chi connectivity index (χ0n) is 18.4. The van der Waals surface area contributed by atoms with Gasteiger partial charge in [-0.2, -0.15) is 0 Å². The first-order valence-electron chi connectivity index (χ1n) is 10.6. The molecule has 3 aromatic rings. The molecule has 1 aliphatic heterocycles. The molecule has 1 aromatic heterocycles. The Balaban J connectivity index is 0.00000272. The van der Waals surface area contributed by atoms with E-state index in [1.54, 1.807) is 7.11 Å². The van der Waals surface area contributed by atoms with Gasteiger partial charge in [-0.15, -0.1) is 24.0 Å². The molecule has 0 aliphatic carbocycles. The maximum Gasteiger partial charge on any atom is 0.191 e. The number of ether oxygens (including phenoxy) is 1. The van der Waals surface area contributed by atoms with Gasteiger partial charge in [-0.25, -0.2) is 0 Å². The first-order valence-corrected chi connectivity index (χ1v) is 10.6. The van der Waals surface area contributed by atoms with Crippen LogP contribution in [0.1, 0.15) is 17.5 Å². The number of H-pyrrole nitrogens is 1. The first kappa shape index (κ1) is 23.2. The number of aromatic amines is 1. The number of halogens is 1. The monoisotopic (exact) mass is 533 g/mol. The second-order valence-corrected chi connectivity index (χ2v) is 7.81. The Morgan fingerprint density at radius 2 is 2.06 bits per heavy atom. The molecule has 2 heterocycles. The summed E-state index contributed by atoms with van der Waals surface area (Å²) < 4.78 is 5.52. The molecule has 1 saturated heterocycles. The molecule has 1 atom stereocenters. The molecule has 1 fully saturated rings. The van der Waals surface area contributed by atoms with Gasteiger partial charge in [0.2, 0.25) is 0 Å². The van der Waals surface area contributed by atoms with E-state index in [4.69, 9.17) is 4.74 Å². The number of aryl methyl sites for hydroxylation is 1. The lowest BCUT2D eigenvalue weighted by atomic mass is 10.1. The van der Waals surface area contributed by atoms with Gasteiger partial charge in [-0.05, 0) is 49.1 Å². The Hall–Kier alpha value is -2.42. The van der Waals surface area contributed by atoms with E-state index in [2.05, 4.69) is 69.0 Å². The largest absolute Gasteiger partial charge is 0.495 e. The van der Waals surface area contributed by atoms with E-state index in [-0.39, 0.29) is 24.0 Å².